The van der Waals surface area contributed by atoms with E-state index in [2.05, 4.69) is 25.3 Å². The third-order valence-corrected chi connectivity index (χ3v) is 9.48. The van der Waals surface area contributed by atoms with E-state index in [9.17, 15) is 28.0 Å². The minimum absolute atomic E-state index is 0.170. The Labute approximate surface area is 349 Å². The molecule has 0 aliphatic heterocycles. The molecular formula is C45H38Cl2F2N4O6. The quantitative estimate of drug-likeness (QED) is 0.103. The maximum atomic E-state index is 13.5. The molecule has 0 spiro atoms. The first-order valence-electron chi connectivity index (χ1n) is 18.1. The molecule has 2 amide bonds. The maximum Gasteiger partial charge on any atom is 0.337 e. The smallest absolute Gasteiger partial charge is 0.337 e. The molecule has 2 atom stereocenters. The van der Waals surface area contributed by atoms with Crippen LogP contribution in [0.2, 0.25) is 10.0 Å². The molecular weight excluding hydrogens is 801 g/mol. The van der Waals surface area contributed by atoms with Crippen molar-refractivity contribution in [2.75, 3.05) is 7.11 Å². The molecule has 3 N–H and O–H groups in total. The molecule has 0 saturated heterocycles. The van der Waals surface area contributed by atoms with E-state index >= 15 is 0 Å². The van der Waals surface area contributed by atoms with E-state index in [4.69, 9.17) is 28.3 Å². The van der Waals surface area contributed by atoms with Gasteiger partial charge in [-0.1, -0.05) is 71.7 Å². The van der Waals surface area contributed by atoms with Gasteiger partial charge in [-0.3, -0.25) is 19.6 Å². The van der Waals surface area contributed by atoms with Crippen LogP contribution < -0.4 is 10.6 Å². The Morgan fingerprint density at radius 3 is 1.42 bits per heavy atom. The van der Waals surface area contributed by atoms with Crippen LogP contribution in [-0.2, 0) is 17.6 Å². The van der Waals surface area contributed by atoms with E-state index in [1.165, 1.54) is 62.0 Å². The normalized spacial score (nSPS) is 11.6. The van der Waals surface area contributed by atoms with E-state index in [0.717, 1.165) is 11.1 Å². The van der Waals surface area contributed by atoms with Gasteiger partial charge in [0.15, 0.2) is 0 Å². The highest BCUT2D eigenvalue weighted by Gasteiger charge is 2.19. The number of aromatic nitrogens is 2. The van der Waals surface area contributed by atoms with Crippen molar-refractivity contribution in [3.8, 4) is 0 Å². The van der Waals surface area contributed by atoms with Crippen LogP contribution >= 0.6 is 23.2 Å². The summed E-state index contributed by atoms with van der Waals surface area (Å²) in [5.41, 5.74) is 5.15. The van der Waals surface area contributed by atoms with Gasteiger partial charge in [-0.25, -0.2) is 18.4 Å². The SMILES string of the molecule is COC(=O)c1ccc([C@H](C)NC(=O)c2cc(Cl)cnc2Cc2cccc(F)c2)cc1.C[C@H](NC(=O)c1cc(Cl)cnc1Cc1cccc(F)c1)c1ccc(C(=O)O)cc1. The van der Waals surface area contributed by atoms with E-state index in [1.54, 1.807) is 73.7 Å². The molecule has 4 aromatic carbocycles. The first-order valence-corrected chi connectivity index (χ1v) is 18.9. The third kappa shape index (κ3) is 12.2. The van der Waals surface area contributed by atoms with Gasteiger partial charge in [0.2, 0.25) is 0 Å². The first kappa shape index (κ1) is 43.6. The Balaban J connectivity index is 0.000000224. The van der Waals surface area contributed by atoms with Crippen molar-refractivity contribution in [2.45, 2.75) is 38.8 Å². The molecule has 10 nitrogen and oxygen atoms in total. The second-order valence-electron chi connectivity index (χ2n) is 13.3. The largest absolute Gasteiger partial charge is 0.478 e. The molecule has 0 radical (unpaired) electrons. The number of nitrogens with one attached hydrogen (secondary N) is 2. The number of nitrogens with zero attached hydrogens (tertiary/aromatic N) is 2. The van der Waals surface area contributed by atoms with Gasteiger partial charge in [-0.05, 0) is 96.8 Å². The number of carbonyl (C=O) groups is 4. The number of aromatic carboxylic acids is 1. The van der Waals surface area contributed by atoms with Crippen molar-refractivity contribution in [3.05, 3.63) is 199 Å². The van der Waals surface area contributed by atoms with Crippen molar-refractivity contribution in [1.29, 1.82) is 0 Å². The van der Waals surface area contributed by atoms with E-state index in [0.29, 0.717) is 55.7 Å². The molecule has 6 aromatic rings. The Kier molecular flexibility index (Phi) is 15.0. The van der Waals surface area contributed by atoms with Crippen LogP contribution in [0, 0.1) is 11.6 Å². The van der Waals surface area contributed by atoms with Gasteiger partial charge in [0, 0.05) is 25.2 Å². The Morgan fingerprint density at radius 1 is 0.644 bits per heavy atom. The zero-order valence-electron chi connectivity index (χ0n) is 32.0. The fourth-order valence-corrected chi connectivity index (χ4v) is 6.26. The van der Waals surface area contributed by atoms with Crippen LogP contribution in [-0.4, -0.2) is 45.9 Å². The molecule has 14 heteroatoms. The topological polar surface area (TPSA) is 148 Å². The molecule has 0 aliphatic rings. The number of rotatable bonds is 12. The minimum Gasteiger partial charge on any atom is -0.478 e. The molecule has 0 aliphatic carbocycles. The molecule has 59 heavy (non-hydrogen) atoms. The van der Waals surface area contributed by atoms with Gasteiger partial charge < -0.3 is 20.5 Å². The summed E-state index contributed by atoms with van der Waals surface area (Å²) in [6, 6.07) is 27.7. The van der Waals surface area contributed by atoms with Gasteiger partial charge in [0.1, 0.15) is 11.6 Å². The number of pyridine rings is 2. The summed E-state index contributed by atoms with van der Waals surface area (Å²) in [6.07, 6.45) is 3.47. The third-order valence-electron chi connectivity index (χ3n) is 9.07. The van der Waals surface area contributed by atoms with Crippen molar-refractivity contribution in [1.82, 2.24) is 20.6 Å². The summed E-state index contributed by atoms with van der Waals surface area (Å²) >= 11 is 12.1. The lowest BCUT2D eigenvalue weighted by atomic mass is 10.0. The summed E-state index contributed by atoms with van der Waals surface area (Å²) in [5, 5.41) is 15.4. The molecule has 0 bridgehead atoms. The highest BCUT2D eigenvalue weighted by atomic mass is 35.5. The van der Waals surface area contributed by atoms with Crippen molar-refractivity contribution in [3.63, 3.8) is 0 Å². The second kappa shape index (κ2) is 20.3. The van der Waals surface area contributed by atoms with Crippen LogP contribution in [0.3, 0.4) is 0 Å². The number of carbonyl (C=O) groups excluding carboxylic acids is 3. The number of hydrogen-bond acceptors (Lipinski definition) is 7. The predicted octanol–water partition coefficient (Wildman–Crippen LogP) is 9.40. The van der Waals surface area contributed by atoms with Gasteiger partial charge in [0.25, 0.3) is 11.8 Å². The predicted molar refractivity (Wildman–Crippen MR) is 220 cm³/mol. The van der Waals surface area contributed by atoms with Crippen molar-refractivity contribution >= 4 is 47.0 Å². The van der Waals surface area contributed by atoms with Crippen LogP contribution in [0.4, 0.5) is 8.78 Å². The fourth-order valence-electron chi connectivity index (χ4n) is 5.95. The number of halogens is 4. The summed E-state index contributed by atoms with van der Waals surface area (Å²) < 4.78 is 31.7. The second-order valence-corrected chi connectivity index (χ2v) is 14.2. The summed E-state index contributed by atoms with van der Waals surface area (Å²) in [7, 11) is 1.32. The molecule has 0 saturated carbocycles. The monoisotopic (exact) mass is 838 g/mol. The fraction of sp³-hybridized carbons (Fsp3) is 0.156. The average molecular weight is 840 g/mol. The number of amides is 2. The standard InChI is InChI=1S/C23H20ClFN2O3.C22H18ClFN2O3/c1-14(16-6-8-17(9-7-16)23(29)30-2)27-22(28)20-12-18(24)13-26-21(20)11-15-4-3-5-19(25)10-15;1-13(15-5-7-16(8-6-15)22(28)29)26-21(27)19-11-17(23)12-25-20(19)10-14-3-2-4-18(24)9-14/h3-10,12-14H,11H2,1-2H3,(H,27,28);2-9,11-13H,10H2,1H3,(H,26,27)(H,28,29)/t14-;13-/m00/s1. The minimum atomic E-state index is -1.01. The molecule has 0 unspecified atom stereocenters. The number of hydrogen-bond donors (Lipinski definition) is 3. The van der Waals surface area contributed by atoms with Crippen LogP contribution in [0.25, 0.3) is 0 Å². The number of carboxylic acids is 1. The number of methoxy groups -OCH3 is 1. The highest BCUT2D eigenvalue weighted by Crippen LogP contribution is 2.22. The van der Waals surface area contributed by atoms with Gasteiger partial charge in [0.05, 0.1) is 62.9 Å². The Bertz CT molecular complexity index is 2470. The van der Waals surface area contributed by atoms with Crippen LogP contribution in [0.1, 0.15) is 101 Å². The van der Waals surface area contributed by atoms with E-state index < -0.39 is 11.9 Å². The van der Waals surface area contributed by atoms with Crippen molar-refractivity contribution in [2.24, 2.45) is 0 Å². The summed E-state index contributed by atoms with van der Waals surface area (Å²) in [5.74, 6) is -2.87. The highest BCUT2D eigenvalue weighted by molar-refractivity contribution is 6.31. The number of benzene rings is 4. The van der Waals surface area contributed by atoms with Gasteiger partial charge in [-0.15, -0.1) is 0 Å². The molecule has 302 valence electrons. The number of ether oxygens (including phenoxy) is 1. The lowest BCUT2D eigenvalue weighted by molar-refractivity contribution is 0.0599. The first-order chi connectivity index (χ1) is 28.2. The van der Waals surface area contributed by atoms with Crippen LogP contribution in [0.15, 0.2) is 122 Å². The molecule has 0 fully saturated rings. The van der Waals surface area contributed by atoms with Gasteiger partial charge >= 0.3 is 11.9 Å². The van der Waals surface area contributed by atoms with Crippen LogP contribution in [0.5, 0.6) is 0 Å². The van der Waals surface area contributed by atoms with E-state index in [-0.39, 0.29) is 47.5 Å². The molecule has 2 aromatic heterocycles. The Hall–Kier alpha value is -6.50. The number of esters is 1. The van der Waals surface area contributed by atoms with Crippen molar-refractivity contribution < 1.29 is 37.8 Å². The number of carboxylic acid groups (broad SMARTS) is 1. The maximum absolute atomic E-state index is 13.5. The van der Waals surface area contributed by atoms with Gasteiger partial charge in [-0.2, -0.15) is 0 Å². The lowest BCUT2D eigenvalue weighted by Gasteiger charge is -2.16. The zero-order valence-corrected chi connectivity index (χ0v) is 33.5. The average Bonchev–Trinajstić information content (AvgIpc) is 3.22. The zero-order chi connectivity index (χ0) is 42.6. The molecule has 6 rings (SSSR count). The Morgan fingerprint density at radius 2 is 1.05 bits per heavy atom. The van der Waals surface area contributed by atoms with E-state index in [1.807, 2.05) is 6.92 Å². The summed E-state index contributed by atoms with van der Waals surface area (Å²) in [4.78, 5) is 56.8. The summed E-state index contributed by atoms with van der Waals surface area (Å²) in [6.45, 7) is 3.62. The lowest BCUT2D eigenvalue weighted by Crippen LogP contribution is -2.28. The molecule has 2 heterocycles.